The molecule has 2 amide bonds. The van der Waals surface area contributed by atoms with Gasteiger partial charge in [-0.05, 0) is 43.7 Å². The van der Waals surface area contributed by atoms with Gasteiger partial charge in [-0.25, -0.2) is 19.0 Å². The molecule has 0 unspecified atom stereocenters. The molecule has 144 valence electrons. The maximum Gasteiger partial charge on any atom is 0.412 e. The molecular weight excluding hydrogens is 355 g/mol. The fourth-order valence-corrected chi connectivity index (χ4v) is 2.09. The quantitative estimate of drug-likeness (QED) is 0.676. The van der Waals surface area contributed by atoms with Crippen LogP contribution in [0.3, 0.4) is 0 Å². The predicted octanol–water partition coefficient (Wildman–Crippen LogP) is 3.97. The third-order valence-corrected chi connectivity index (χ3v) is 3.29. The van der Waals surface area contributed by atoms with E-state index in [9.17, 15) is 14.0 Å². The number of pyridine rings is 1. The zero-order chi connectivity index (χ0) is 19.6. The molecule has 2 aromatic rings. The van der Waals surface area contributed by atoms with E-state index < -0.39 is 12.2 Å². The average Bonchev–Trinajstić information content (AvgIpc) is 2.63. The molecule has 0 aliphatic carbocycles. The van der Waals surface area contributed by atoms with Gasteiger partial charge in [-0.15, -0.1) is 0 Å². The van der Waals surface area contributed by atoms with Crippen molar-refractivity contribution in [3.63, 3.8) is 0 Å². The standard InChI is InChI=1S/C18H21FN4O4/c1-3-26-17(24)21-14-9-10-15(22-16(14)23-18(25)27-4-2)20-11-12-5-7-13(19)8-6-12/h5-10H,3-4,11H2,1-2H3,(H,21,24)(H2,20,22,23,25). The van der Waals surface area contributed by atoms with E-state index in [0.29, 0.717) is 12.4 Å². The minimum atomic E-state index is -0.701. The van der Waals surface area contributed by atoms with Gasteiger partial charge >= 0.3 is 12.2 Å². The summed E-state index contributed by atoms with van der Waals surface area (Å²) >= 11 is 0. The van der Waals surface area contributed by atoms with E-state index in [1.807, 2.05) is 0 Å². The van der Waals surface area contributed by atoms with E-state index in [1.54, 1.807) is 38.1 Å². The molecule has 0 aliphatic heterocycles. The molecule has 0 fully saturated rings. The summed E-state index contributed by atoms with van der Waals surface area (Å²) in [5.74, 6) is 0.235. The Balaban J connectivity index is 2.14. The van der Waals surface area contributed by atoms with Crippen LogP contribution in [-0.4, -0.2) is 30.4 Å². The van der Waals surface area contributed by atoms with Gasteiger partial charge in [0.2, 0.25) is 0 Å². The maximum atomic E-state index is 13.0. The number of hydrogen-bond donors (Lipinski definition) is 3. The summed E-state index contributed by atoms with van der Waals surface area (Å²) in [6.45, 7) is 4.15. The lowest BCUT2D eigenvalue weighted by atomic mass is 10.2. The molecule has 1 aromatic heterocycles. The number of nitrogens with zero attached hydrogens (tertiary/aromatic N) is 1. The van der Waals surface area contributed by atoms with E-state index in [4.69, 9.17) is 9.47 Å². The van der Waals surface area contributed by atoms with Gasteiger partial charge in [0, 0.05) is 6.54 Å². The zero-order valence-electron chi connectivity index (χ0n) is 15.0. The number of hydrogen-bond acceptors (Lipinski definition) is 6. The Labute approximate surface area is 156 Å². The number of anilines is 3. The first-order chi connectivity index (χ1) is 13.0. The van der Waals surface area contributed by atoms with Crippen LogP contribution in [-0.2, 0) is 16.0 Å². The minimum absolute atomic E-state index is 0.102. The lowest BCUT2D eigenvalue weighted by molar-refractivity contribution is 0.166. The molecule has 8 nitrogen and oxygen atoms in total. The highest BCUT2D eigenvalue weighted by atomic mass is 19.1. The fourth-order valence-electron chi connectivity index (χ4n) is 2.09. The van der Waals surface area contributed by atoms with E-state index in [2.05, 4.69) is 20.9 Å². The molecule has 0 spiro atoms. The van der Waals surface area contributed by atoms with Crippen LogP contribution in [0.1, 0.15) is 19.4 Å². The summed E-state index contributed by atoms with van der Waals surface area (Å²) < 4.78 is 22.6. The molecule has 0 bridgehead atoms. The molecule has 3 N–H and O–H groups in total. The van der Waals surface area contributed by atoms with Crippen molar-refractivity contribution in [3.05, 3.63) is 47.8 Å². The second kappa shape index (κ2) is 9.95. The average molecular weight is 376 g/mol. The third kappa shape index (κ3) is 6.46. The summed E-state index contributed by atoms with van der Waals surface area (Å²) in [7, 11) is 0. The molecular formula is C18H21FN4O4. The Morgan fingerprint density at radius 1 is 0.963 bits per heavy atom. The Morgan fingerprint density at radius 2 is 1.59 bits per heavy atom. The van der Waals surface area contributed by atoms with Gasteiger partial charge in [-0.2, -0.15) is 0 Å². The zero-order valence-corrected chi connectivity index (χ0v) is 15.0. The topological polar surface area (TPSA) is 102 Å². The highest BCUT2D eigenvalue weighted by Crippen LogP contribution is 2.23. The van der Waals surface area contributed by atoms with Gasteiger partial charge in [-0.3, -0.25) is 10.6 Å². The maximum absolute atomic E-state index is 13.0. The minimum Gasteiger partial charge on any atom is -0.450 e. The lowest BCUT2D eigenvalue weighted by Crippen LogP contribution is -2.19. The molecule has 0 aliphatic rings. The van der Waals surface area contributed by atoms with Crippen LogP contribution in [0.25, 0.3) is 0 Å². The molecule has 0 saturated carbocycles. The molecule has 2 rings (SSSR count). The first-order valence-electron chi connectivity index (χ1n) is 8.38. The largest absolute Gasteiger partial charge is 0.450 e. The summed E-state index contributed by atoms with van der Waals surface area (Å²) in [4.78, 5) is 27.6. The summed E-state index contributed by atoms with van der Waals surface area (Å²) in [6.07, 6.45) is -1.37. The monoisotopic (exact) mass is 376 g/mol. The van der Waals surface area contributed by atoms with Crippen molar-refractivity contribution >= 4 is 29.5 Å². The Morgan fingerprint density at radius 3 is 2.22 bits per heavy atom. The number of ether oxygens (including phenoxy) is 2. The molecule has 0 saturated heterocycles. The van der Waals surface area contributed by atoms with Crippen molar-refractivity contribution in [2.24, 2.45) is 0 Å². The molecule has 0 atom stereocenters. The normalized spacial score (nSPS) is 10.0. The SMILES string of the molecule is CCOC(=O)Nc1ccc(NCc2ccc(F)cc2)nc1NC(=O)OCC. The van der Waals surface area contributed by atoms with Gasteiger partial charge in [0.05, 0.1) is 18.9 Å². The Hall–Kier alpha value is -3.36. The second-order valence-electron chi connectivity index (χ2n) is 5.26. The van der Waals surface area contributed by atoms with Crippen LogP contribution in [0, 0.1) is 5.82 Å². The van der Waals surface area contributed by atoms with Crippen LogP contribution in [0.15, 0.2) is 36.4 Å². The van der Waals surface area contributed by atoms with E-state index in [-0.39, 0.29) is 30.5 Å². The number of rotatable bonds is 7. The predicted molar refractivity (Wildman–Crippen MR) is 99.3 cm³/mol. The van der Waals surface area contributed by atoms with Gasteiger partial charge < -0.3 is 14.8 Å². The van der Waals surface area contributed by atoms with Crippen molar-refractivity contribution in [3.8, 4) is 0 Å². The van der Waals surface area contributed by atoms with E-state index in [0.717, 1.165) is 5.56 Å². The van der Waals surface area contributed by atoms with Crippen molar-refractivity contribution < 1.29 is 23.5 Å². The number of benzene rings is 1. The highest BCUT2D eigenvalue weighted by molar-refractivity contribution is 5.94. The smallest absolute Gasteiger partial charge is 0.412 e. The lowest BCUT2D eigenvalue weighted by Gasteiger charge is -2.13. The first kappa shape index (κ1) is 20.0. The Kier molecular flexibility index (Phi) is 7.36. The number of amides is 2. The number of carbonyl (C=O) groups excluding carboxylic acids is 2. The first-order valence-corrected chi connectivity index (χ1v) is 8.38. The van der Waals surface area contributed by atoms with Gasteiger partial charge in [-0.1, -0.05) is 12.1 Å². The van der Waals surface area contributed by atoms with Crippen molar-refractivity contribution in [1.82, 2.24) is 4.98 Å². The van der Waals surface area contributed by atoms with Gasteiger partial charge in [0.1, 0.15) is 11.6 Å². The van der Waals surface area contributed by atoms with E-state index >= 15 is 0 Å². The number of carbonyl (C=O) groups is 2. The fraction of sp³-hybridized carbons (Fsp3) is 0.278. The number of halogens is 1. The van der Waals surface area contributed by atoms with Crippen LogP contribution in [0.2, 0.25) is 0 Å². The highest BCUT2D eigenvalue weighted by Gasteiger charge is 2.13. The number of aromatic nitrogens is 1. The van der Waals surface area contributed by atoms with Crippen LogP contribution < -0.4 is 16.0 Å². The molecule has 9 heteroatoms. The van der Waals surface area contributed by atoms with Crippen molar-refractivity contribution in [2.45, 2.75) is 20.4 Å². The molecule has 0 radical (unpaired) electrons. The van der Waals surface area contributed by atoms with Gasteiger partial charge in [0.25, 0.3) is 0 Å². The van der Waals surface area contributed by atoms with Crippen LogP contribution in [0.4, 0.5) is 31.3 Å². The molecule has 1 aromatic carbocycles. The summed E-state index contributed by atoms with van der Waals surface area (Å²) in [5.41, 5.74) is 1.11. The second-order valence-corrected chi connectivity index (χ2v) is 5.26. The summed E-state index contributed by atoms with van der Waals surface area (Å²) in [5, 5.41) is 8.04. The van der Waals surface area contributed by atoms with E-state index in [1.165, 1.54) is 12.1 Å². The third-order valence-electron chi connectivity index (χ3n) is 3.29. The molecule has 1 heterocycles. The Bertz CT molecular complexity index is 783. The van der Waals surface area contributed by atoms with Crippen molar-refractivity contribution in [1.29, 1.82) is 0 Å². The summed E-state index contributed by atoms with van der Waals surface area (Å²) in [6, 6.07) is 9.22. The van der Waals surface area contributed by atoms with Crippen molar-refractivity contribution in [2.75, 3.05) is 29.2 Å². The van der Waals surface area contributed by atoms with Crippen LogP contribution >= 0.6 is 0 Å². The van der Waals surface area contributed by atoms with Gasteiger partial charge in [0.15, 0.2) is 5.82 Å². The molecule has 27 heavy (non-hydrogen) atoms. The van der Waals surface area contributed by atoms with Crippen LogP contribution in [0.5, 0.6) is 0 Å². The number of nitrogens with one attached hydrogen (secondary N) is 3.